The molecular weight excluding hydrogens is 367 g/mol. The molecule has 0 aliphatic carbocycles. The van der Waals surface area contributed by atoms with Crippen molar-refractivity contribution in [3.63, 3.8) is 0 Å². The van der Waals surface area contributed by atoms with Crippen molar-refractivity contribution < 1.29 is 9.18 Å². The van der Waals surface area contributed by atoms with Crippen LogP contribution in [0.15, 0.2) is 52.7 Å². The molecule has 0 unspecified atom stereocenters. The summed E-state index contributed by atoms with van der Waals surface area (Å²) in [4.78, 5) is 19.5. The van der Waals surface area contributed by atoms with Crippen molar-refractivity contribution >= 4 is 39.8 Å². The molecule has 0 saturated heterocycles. The second-order valence-electron chi connectivity index (χ2n) is 6.01. The van der Waals surface area contributed by atoms with Gasteiger partial charge in [0.05, 0.1) is 11.4 Å². The molecule has 0 saturated carbocycles. The lowest BCUT2D eigenvalue weighted by atomic mass is 10.1. The van der Waals surface area contributed by atoms with Crippen LogP contribution in [0.2, 0.25) is 0 Å². The van der Waals surface area contributed by atoms with E-state index in [2.05, 4.69) is 11.1 Å². The fraction of sp³-hybridized carbons (Fsp3) is 0.200. The minimum absolute atomic E-state index is 0.0657. The monoisotopic (exact) mass is 386 g/mol. The quantitative estimate of drug-likeness (QED) is 0.514. The predicted octanol–water partition coefficient (Wildman–Crippen LogP) is 5.88. The van der Waals surface area contributed by atoms with E-state index in [-0.39, 0.29) is 11.7 Å². The molecule has 0 aliphatic rings. The summed E-state index contributed by atoms with van der Waals surface area (Å²) >= 11 is 3.04. The van der Waals surface area contributed by atoms with Crippen molar-refractivity contribution in [1.82, 2.24) is 4.98 Å². The van der Waals surface area contributed by atoms with Crippen molar-refractivity contribution in [3.8, 4) is 0 Å². The van der Waals surface area contributed by atoms with E-state index in [0.29, 0.717) is 10.9 Å². The molecule has 0 atom stereocenters. The molecule has 0 radical (unpaired) electrons. The van der Waals surface area contributed by atoms with Gasteiger partial charge in [0, 0.05) is 23.0 Å². The summed E-state index contributed by atoms with van der Waals surface area (Å²) in [6, 6.07) is 12.4. The maximum absolute atomic E-state index is 13.0. The zero-order valence-corrected chi connectivity index (χ0v) is 16.5. The second-order valence-corrected chi connectivity index (χ2v) is 7.89. The van der Waals surface area contributed by atoms with Crippen molar-refractivity contribution in [2.75, 3.05) is 4.90 Å². The highest BCUT2D eigenvalue weighted by molar-refractivity contribution is 7.98. The Bertz CT molecular complexity index is 922. The maximum atomic E-state index is 13.0. The number of benzene rings is 2. The van der Waals surface area contributed by atoms with Gasteiger partial charge in [0.15, 0.2) is 5.13 Å². The normalized spacial score (nSPS) is 10.8. The average Bonchev–Trinajstić information content (AvgIpc) is 3.05. The smallest absolute Gasteiger partial charge is 0.230 e. The van der Waals surface area contributed by atoms with Gasteiger partial charge in [0.25, 0.3) is 0 Å². The van der Waals surface area contributed by atoms with E-state index in [9.17, 15) is 9.18 Å². The number of aromatic nitrogens is 1. The Morgan fingerprint density at radius 2 is 1.92 bits per heavy atom. The highest BCUT2D eigenvalue weighted by Gasteiger charge is 2.19. The molecule has 3 rings (SSSR count). The molecule has 3 nitrogen and oxygen atoms in total. The number of carbonyl (C=O) groups is 1. The van der Waals surface area contributed by atoms with Crippen LogP contribution in [-0.4, -0.2) is 10.9 Å². The first kappa shape index (κ1) is 18.6. The summed E-state index contributed by atoms with van der Waals surface area (Å²) < 4.78 is 13.0. The summed E-state index contributed by atoms with van der Waals surface area (Å²) in [5, 5.41) is 2.63. The number of amides is 1. The molecule has 0 bridgehead atoms. The van der Waals surface area contributed by atoms with Crippen LogP contribution in [-0.2, 0) is 10.5 Å². The minimum atomic E-state index is -0.240. The summed E-state index contributed by atoms with van der Waals surface area (Å²) in [5.74, 6) is 0.362. The van der Waals surface area contributed by atoms with Crippen LogP contribution in [0, 0.1) is 19.7 Å². The zero-order valence-electron chi connectivity index (χ0n) is 14.8. The van der Waals surface area contributed by atoms with Crippen molar-refractivity contribution in [2.45, 2.75) is 31.4 Å². The number of halogens is 1. The van der Waals surface area contributed by atoms with Crippen molar-refractivity contribution in [1.29, 1.82) is 0 Å². The van der Waals surface area contributed by atoms with E-state index in [4.69, 9.17) is 0 Å². The van der Waals surface area contributed by atoms with Gasteiger partial charge >= 0.3 is 0 Å². The number of nitrogens with zero attached hydrogens (tertiary/aromatic N) is 2. The van der Waals surface area contributed by atoms with E-state index in [1.54, 1.807) is 35.7 Å². The van der Waals surface area contributed by atoms with Gasteiger partial charge in [-0.2, -0.15) is 0 Å². The first-order valence-electron chi connectivity index (χ1n) is 8.15. The highest BCUT2D eigenvalue weighted by Crippen LogP contribution is 2.33. The molecule has 1 aromatic heterocycles. The van der Waals surface area contributed by atoms with Gasteiger partial charge in [0.1, 0.15) is 5.82 Å². The largest absolute Gasteiger partial charge is 0.274 e. The van der Waals surface area contributed by atoms with Gasteiger partial charge in [-0.05, 0) is 49.7 Å². The number of anilines is 2. The van der Waals surface area contributed by atoms with Gasteiger partial charge < -0.3 is 0 Å². The number of hydrogen-bond donors (Lipinski definition) is 0. The molecular formula is C20H19FN2OS2. The first-order chi connectivity index (χ1) is 12.4. The minimum Gasteiger partial charge on any atom is -0.274 e. The number of thioether (sulfide) groups is 1. The lowest BCUT2D eigenvalue weighted by Gasteiger charge is -2.20. The number of thiazole rings is 1. The Hall–Kier alpha value is -2.18. The number of rotatable bonds is 5. The number of carbonyl (C=O) groups excluding carboxylic acids is 1. The molecule has 0 aliphatic heterocycles. The Kier molecular flexibility index (Phi) is 5.74. The Labute approximate surface area is 160 Å². The van der Waals surface area contributed by atoms with Crippen LogP contribution < -0.4 is 4.90 Å². The fourth-order valence-corrected chi connectivity index (χ4v) is 4.39. The van der Waals surface area contributed by atoms with Gasteiger partial charge in [0.2, 0.25) is 5.91 Å². The third kappa shape index (κ3) is 4.31. The van der Waals surface area contributed by atoms with Crippen molar-refractivity contribution in [2.24, 2.45) is 0 Å². The van der Waals surface area contributed by atoms with Crippen LogP contribution in [0.1, 0.15) is 23.7 Å². The topological polar surface area (TPSA) is 33.2 Å². The van der Waals surface area contributed by atoms with Gasteiger partial charge in [-0.3, -0.25) is 9.69 Å². The van der Waals surface area contributed by atoms with Crippen LogP contribution in [0.25, 0.3) is 0 Å². The van der Waals surface area contributed by atoms with Gasteiger partial charge in [-0.15, -0.1) is 23.1 Å². The third-order valence-electron chi connectivity index (χ3n) is 3.84. The van der Waals surface area contributed by atoms with E-state index in [1.165, 1.54) is 23.5 Å². The van der Waals surface area contributed by atoms with Crippen LogP contribution in [0.5, 0.6) is 0 Å². The lowest BCUT2D eigenvalue weighted by Crippen LogP contribution is -2.23. The van der Waals surface area contributed by atoms with Crippen LogP contribution >= 0.6 is 23.1 Å². The molecule has 0 N–H and O–H groups in total. The van der Waals surface area contributed by atoms with E-state index < -0.39 is 0 Å². The Balaban J connectivity index is 1.79. The molecule has 134 valence electrons. The summed E-state index contributed by atoms with van der Waals surface area (Å²) in [6.45, 7) is 5.58. The molecule has 2 aromatic carbocycles. The fourth-order valence-electron chi connectivity index (χ4n) is 2.62. The zero-order chi connectivity index (χ0) is 18.7. The van der Waals surface area contributed by atoms with Crippen LogP contribution in [0.4, 0.5) is 15.2 Å². The van der Waals surface area contributed by atoms with Gasteiger partial charge in [-0.25, -0.2) is 9.37 Å². The summed E-state index contributed by atoms with van der Waals surface area (Å²) in [7, 11) is 0. The molecule has 3 aromatic rings. The molecule has 1 heterocycles. The summed E-state index contributed by atoms with van der Waals surface area (Å²) in [5.41, 5.74) is 3.95. The Morgan fingerprint density at radius 1 is 1.19 bits per heavy atom. The molecule has 1 amide bonds. The average molecular weight is 387 g/mol. The molecule has 6 heteroatoms. The number of hydrogen-bond acceptors (Lipinski definition) is 4. The summed E-state index contributed by atoms with van der Waals surface area (Å²) in [6.07, 6.45) is 0. The van der Waals surface area contributed by atoms with E-state index in [1.807, 2.05) is 31.4 Å². The molecule has 0 fully saturated rings. The van der Waals surface area contributed by atoms with Gasteiger partial charge in [-0.1, -0.05) is 17.7 Å². The SMILES string of the molecule is CC(=O)N(c1nc(CSc2ccc(F)cc2)cs1)c1ccc(C)cc1C. The lowest BCUT2D eigenvalue weighted by molar-refractivity contribution is -0.115. The van der Waals surface area contributed by atoms with Crippen LogP contribution in [0.3, 0.4) is 0 Å². The third-order valence-corrected chi connectivity index (χ3v) is 5.76. The maximum Gasteiger partial charge on any atom is 0.230 e. The second kappa shape index (κ2) is 8.01. The van der Waals surface area contributed by atoms with E-state index >= 15 is 0 Å². The Morgan fingerprint density at radius 3 is 2.58 bits per heavy atom. The van der Waals surface area contributed by atoms with E-state index in [0.717, 1.165) is 27.4 Å². The highest BCUT2D eigenvalue weighted by atomic mass is 32.2. The molecule has 0 spiro atoms. The standard InChI is InChI=1S/C20H19FN2OS2/c1-13-4-9-19(14(2)10-13)23(15(3)24)20-22-17(12-26-20)11-25-18-7-5-16(21)6-8-18/h4-10,12H,11H2,1-3H3. The number of aryl methyl sites for hydroxylation is 2. The first-order valence-corrected chi connectivity index (χ1v) is 10.0. The van der Waals surface area contributed by atoms with Crippen molar-refractivity contribution in [3.05, 3.63) is 70.5 Å². The predicted molar refractivity (Wildman–Crippen MR) is 107 cm³/mol. The molecule has 26 heavy (non-hydrogen) atoms.